The minimum absolute atomic E-state index is 0.0727. The monoisotopic (exact) mass is 259 g/mol. The first-order valence-electron chi connectivity index (χ1n) is 6.25. The molecule has 6 heteroatoms. The van der Waals surface area contributed by atoms with Gasteiger partial charge >= 0.3 is 5.97 Å². The zero-order valence-electron chi connectivity index (χ0n) is 10.5. The maximum Gasteiger partial charge on any atom is 0.329 e. The van der Waals surface area contributed by atoms with E-state index in [1.165, 1.54) is 6.42 Å². The van der Waals surface area contributed by atoms with E-state index in [1.807, 2.05) is 0 Å². The molecule has 0 aromatic carbocycles. The van der Waals surface area contributed by atoms with Gasteiger partial charge in [-0.15, -0.1) is 0 Å². The Labute approximate surface area is 106 Å². The number of carboxylic acid groups (broad SMARTS) is 1. The van der Waals surface area contributed by atoms with Crippen LogP contribution in [0.2, 0.25) is 0 Å². The molecule has 1 fully saturated rings. The predicted octanol–water partition coefficient (Wildman–Crippen LogP) is 0.147. The number of aliphatic hydroxyl groups excluding tert-OH is 1. The second kappa shape index (κ2) is 7.33. The molecule has 0 unspecified atom stereocenters. The second-order valence-electron chi connectivity index (χ2n) is 4.88. The van der Waals surface area contributed by atoms with Crippen molar-refractivity contribution in [2.24, 2.45) is 5.41 Å². The molecule has 1 aliphatic carbocycles. The van der Waals surface area contributed by atoms with Crippen LogP contribution < -0.4 is 5.32 Å². The first kappa shape index (κ1) is 14.9. The highest BCUT2D eigenvalue weighted by molar-refractivity contribution is 5.77. The van der Waals surface area contributed by atoms with Gasteiger partial charge in [-0.25, -0.2) is 4.79 Å². The van der Waals surface area contributed by atoms with Crippen molar-refractivity contribution >= 4 is 11.9 Å². The number of hydrogen-bond donors (Lipinski definition) is 3. The van der Waals surface area contributed by atoms with Crippen LogP contribution in [-0.4, -0.2) is 48.5 Å². The van der Waals surface area contributed by atoms with Crippen LogP contribution in [0.1, 0.15) is 32.1 Å². The average molecular weight is 259 g/mol. The van der Waals surface area contributed by atoms with Crippen molar-refractivity contribution < 1.29 is 24.5 Å². The first-order valence-corrected chi connectivity index (χ1v) is 6.25. The summed E-state index contributed by atoms with van der Waals surface area (Å²) in [7, 11) is 0. The minimum Gasteiger partial charge on any atom is -0.480 e. The van der Waals surface area contributed by atoms with Crippen molar-refractivity contribution in [2.75, 3.05) is 26.4 Å². The number of ether oxygens (including phenoxy) is 1. The molecule has 0 aromatic heterocycles. The SMILES string of the molecule is O=C(O)COCC(=O)NCC1(CO)CCCCC1. The molecule has 0 radical (unpaired) electrons. The van der Waals surface area contributed by atoms with Crippen molar-refractivity contribution in [1.29, 1.82) is 0 Å². The summed E-state index contributed by atoms with van der Waals surface area (Å²) in [6.07, 6.45) is 5.16. The molecule has 0 heterocycles. The average Bonchev–Trinajstić information content (AvgIpc) is 2.37. The van der Waals surface area contributed by atoms with Crippen molar-refractivity contribution in [3.05, 3.63) is 0 Å². The van der Waals surface area contributed by atoms with E-state index in [2.05, 4.69) is 10.1 Å². The Balaban J connectivity index is 2.25. The molecule has 0 bridgehead atoms. The number of hydrogen-bond acceptors (Lipinski definition) is 4. The van der Waals surface area contributed by atoms with Crippen LogP contribution in [0.4, 0.5) is 0 Å². The van der Waals surface area contributed by atoms with Gasteiger partial charge in [-0.1, -0.05) is 19.3 Å². The minimum atomic E-state index is -1.10. The van der Waals surface area contributed by atoms with Gasteiger partial charge in [0.25, 0.3) is 0 Å². The summed E-state index contributed by atoms with van der Waals surface area (Å²) in [6.45, 7) is -0.228. The summed E-state index contributed by atoms with van der Waals surface area (Å²) in [5, 5.41) is 20.5. The molecule has 6 nitrogen and oxygen atoms in total. The predicted molar refractivity (Wildman–Crippen MR) is 64.1 cm³/mol. The van der Waals surface area contributed by atoms with Crippen molar-refractivity contribution in [1.82, 2.24) is 5.32 Å². The van der Waals surface area contributed by atoms with E-state index in [9.17, 15) is 14.7 Å². The fourth-order valence-corrected chi connectivity index (χ4v) is 2.26. The zero-order chi connectivity index (χ0) is 13.4. The molecular formula is C12H21NO5. The summed E-state index contributed by atoms with van der Waals surface area (Å²) in [5.41, 5.74) is -0.208. The number of carboxylic acids is 1. The Hall–Kier alpha value is -1.14. The van der Waals surface area contributed by atoms with Crippen LogP contribution in [0.15, 0.2) is 0 Å². The third-order valence-electron chi connectivity index (χ3n) is 3.37. The molecule has 18 heavy (non-hydrogen) atoms. The third kappa shape index (κ3) is 5.01. The van der Waals surface area contributed by atoms with Crippen molar-refractivity contribution in [3.8, 4) is 0 Å². The number of nitrogens with one attached hydrogen (secondary N) is 1. The normalized spacial score (nSPS) is 18.3. The van der Waals surface area contributed by atoms with Gasteiger partial charge in [0.05, 0.1) is 6.61 Å². The Morgan fingerprint density at radius 3 is 2.39 bits per heavy atom. The van der Waals surface area contributed by atoms with Crippen LogP contribution in [0.3, 0.4) is 0 Å². The molecule has 1 amide bonds. The lowest BCUT2D eigenvalue weighted by molar-refractivity contribution is -0.143. The third-order valence-corrected chi connectivity index (χ3v) is 3.37. The number of aliphatic hydroxyl groups is 1. The number of rotatable bonds is 7. The van der Waals surface area contributed by atoms with Crippen LogP contribution >= 0.6 is 0 Å². The van der Waals surface area contributed by atoms with E-state index in [-0.39, 0.29) is 24.5 Å². The van der Waals surface area contributed by atoms with E-state index in [0.717, 1.165) is 25.7 Å². The summed E-state index contributed by atoms with van der Waals surface area (Å²) < 4.78 is 4.69. The van der Waals surface area contributed by atoms with Gasteiger partial charge in [-0.3, -0.25) is 4.79 Å². The molecule has 1 saturated carbocycles. The van der Waals surface area contributed by atoms with Crippen LogP contribution in [0, 0.1) is 5.41 Å². The molecule has 104 valence electrons. The first-order chi connectivity index (χ1) is 8.58. The lowest BCUT2D eigenvalue weighted by atomic mass is 9.74. The highest BCUT2D eigenvalue weighted by atomic mass is 16.5. The summed E-state index contributed by atoms with van der Waals surface area (Å²) in [4.78, 5) is 21.6. The Morgan fingerprint density at radius 1 is 1.17 bits per heavy atom. The number of carbonyl (C=O) groups is 2. The lowest BCUT2D eigenvalue weighted by Gasteiger charge is -2.35. The number of aliphatic carboxylic acids is 1. The molecule has 1 aliphatic rings. The Kier molecular flexibility index (Phi) is 6.07. The van der Waals surface area contributed by atoms with E-state index >= 15 is 0 Å². The molecule has 0 atom stereocenters. The van der Waals surface area contributed by atoms with E-state index in [1.54, 1.807) is 0 Å². The van der Waals surface area contributed by atoms with Gasteiger partial charge in [-0.2, -0.15) is 0 Å². The summed E-state index contributed by atoms with van der Waals surface area (Å²) in [6, 6.07) is 0. The Bertz CT molecular complexity index is 286. The molecule has 0 saturated heterocycles. The maximum absolute atomic E-state index is 11.4. The van der Waals surface area contributed by atoms with Crippen LogP contribution in [-0.2, 0) is 14.3 Å². The number of amides is 1. The molecule has 3 N–H and O–H groups in total. The highest BCUT2D eigenvalue weighted by Gasteiger charge is 2.31. The van der Waals surface area contributed by atoms with Gasteiger partial charge in [-0.05, 0) is 12.8 Å². The van der Waals surface area contributed by atoms with Crippen LogP contribution in [0.5, 0.6) is 0 Å². The van der Waals surface area contributed by atoms with E-state index in [0.29, 0.717) is 6.54 Å². The van der Waals surface area contributed by atoms with E-state index < -0.39 is 12.6 Å². The second-order valence-corrected chi connectivity index (χ2v) is 4.88. The van der Waals surface area contributed by atoms with Gasteiger partial charge in [0.2, 0.25) is 5.91 Å². The lowest BCUT2D eigenvalue weighted by Crippen LogP contribution is -2.42. The van der Waals surface area contributed by atoms with Gasteiger partial charge in [0.15, 0.2) is 0 Å². The molecule has 0 spiro atoms. The molecular weight excluding hydrogens is 238 g/mol. The highest BCUT2D eigenvalue weighted by Crippen LogP contribution is 2.35. The fraction of sp³-hybridized carbons (Fsp3) is 0.833. The topological polar surface area (TPSA) is 95.9 Å². The van der Waals surface area contributed by atoms with Crippen molar-refractivity contribution in [3.63, 3.8) is 0 Å². The van der Waals surface area contributed by atoms with Gasteiger partial charge < -0.3 is 20.3 Å². The number of carbonyl (C=O) groups excluding carboxylic acids is 1. The summed E-state index contributed by atoms with van der Waals surface area (Å²) in [5.74, 6) is -1.43. The molecule has 1 rings (SSSR count). The van der Waals surface area contributed by atoms with Gasteiger partial charge in [0, 0.05) is 12.0 Å². The fourth-order valence-electron chi connectivity index (χ4n) is 2.26. The van der Waals surface area contributed by atoms with E-state index in [4.69, 9.17) is 5.11 Å². The Morgan fingerprint density at radius 2 is 1.83 bits per heavy atom. The zero-order valence-corrected chi connectivity index (χ0v) is 10.5. The van der Waals surface area contributed by atoms with Crippen LogP contribution in [0.25, 0.3) is 0 Å². The van der Waals surface area contributed by atoms with Crippen molar-refractivity contribution in [2.45, 2.75) is 32.1 Å². The summed E-state index contributed by atoms with van der Waals surface area (Å²) >= 11 is 0. The molecule has 0 aliphatic heterocycles. The quantitative estimate of drug-likeness (QED) is 0.604. The molecule has 0 aromatic rings. The smallest absolute Gasteiger partial charge is 0.329 e. The maximum atomic E-state index is 11.4. The van der Waals surface area contributed by atoms with Gasteiger partial charge in [0.1, 0.15) is 13.2 Å². The standard InChI is InChI=1S/C12H21NO5/c14-9-12(4-2-1-3-5-12)8-13-10(15)6-18-7-11(16)17/h14H,1-9H2,(H,13,15)(H,16,17). The largest absolute Gasteiger partial charge is 0.480 e.